The Morgan fingerprint density at radius 1 is 1.25 bits per heavy atom. The Bertz CT molecular complexity index is 72.8. The van der Waals surface area contributed by atoms with E-state index < -0.39 is 7.82 Å². The minimum absolute atomic E-state index is 0. The summed E-state index contributed by atoms with van der Waals surface area (Å²) in [7, 11) is -4.64. The van der Waals surface area contributed by atoms with Gasteiger partial charge in [-0.3, -0.25) is 0 Å². The molecule has 0 amide bonds. The van der Waals surface area contributed by atoms with Crippen LogP contribution in [0.25, 0.3) is 0 Å². The van der Waals surface area contributed by atoms with E-state index in [1.54, 1.807) is 0 Å². The molecule has 0 aromatic heterocycles. The molecule has 0 bridgehead atoms. The Morgan fingerprint density at radius 2 is 1.25 bits per heavy atom. The molecule has 0 fully saturated rings. The van der Waals surface area contributed by atoms with E-state index in [0.717, 1.165) is 0 Å². The first-order valence-corrected chi connectivity index (χ1v) is 3.21. The molecule has 0 heterocycles. The van der Waals surface area contributed by atoms with E-state index in [0.29, 0.717) is 16.2 Å². The predicted octanol–water partition coefficient (Wildman–Crippen LogP) is -4.58. The van der Waals surface area contributed by atoms with Crippen molar-refractivity contribution in [2.75, 3.05) is 0 Å². The van der Waals surface area contributed by atoms with Crippen molar-refractivity contribution in [1.82, 2.24) is 0 Å². The topological polar surface area (TPSA) is 94.8 Å². The molecule has 0 aliphatic heterocycles. The molecule has 0 radical (unpaired) electrons. The molecular formula is H5AlLiO5P. The van der Waals surface area contributed by atoms with Gasteiger partial charge in [-0.15, -0.1) is 0 Å². The number of phosphoric acid groups is 1. The maximum atomic E-state index is 8.88. The van der Waals surface area contributed by atoms with Crippen LogP contribution in [0.1, 0.15) is 1.43 Å². The van der Waals surface area contributed by atoms with Crippen LogP contribution in [0.4, 0.5) is 0 Å². The van der Waals surface area contributed by atoms with Gasteiger partial charge < -0.3 is 16.1 Å². The van der Waals surface area contributed by atoms with Gasteiger partial charge in [-0.1, -0.05) is 0 Å². The summed E-state index contributed by atoms with van der Waals surface area (Å²) < 4.78 is 17.2. The van der Waals surface area contributed by atoms with Gasteiger partial charge in [0.05, 0.1) is 0 Å². The van der Waals surface area contributed by atoms with Crippen LogP contribution in [0.2, 0.25) is 0 Å². The Kier molecular flexibility index (Phi) is 16.1. The molecule has 44 valence electrons. The van der Waals surface area contributed by atoms with Crippen LogP contribution in [0, 0.1) is 0 Å². The van der Waals surface area contributed by atoms with Crippen molar-refractivity contribution in [3.63, 3.8) is 0 Å². The molecule has 0 aliphatic carbocycles. The van der Waals surface area contributed by atoms with Crippen LogP contribution in [0.5, 0.6) is 0 Å². The fourth-order valence-corrected chi connectivity index (χ4v) is 0. The molecular weight excluding hydrogens is 145 g/mol. The fraction of sp³-hybridized carbons (Fsp3) is 0. The summed E-state index contributed by atoms with van der Waals surface area (Å²) in [6, 6.07) is 0. The zero-order chi connectivity index (χ0) is 6.50. The molecule has 0 saturated heterocycles. The Labute approximate surface area is 67.6 Å². The zero-order valence-electron chi connectivity index (χ0n) is 5.31. The van der Waals surface area contributed by atoms with Gasteiger partial charge in [0.25, 0.3) is 0 Å². The maximum absolute atomic E-state index is 8.88. The summed E-state index contributed by atoms with van der Waals surface area (Å²) in [5.41, 5.74) is 0. The second-order valence-electron chi connectivity index (χ2n) is 0.513. The first kappa shape index (κ1) is 16.0. The summed E-state index contributed by atoms with van der Waals surface area (Å²) in [5.74, 6) is 0. The third-order valence-corrected chi connectivity index (χ3v) is 0. The SMILES string of the molecule is O=P(O)(O)O.[H-].[Li+].[O]=[AlH]. The van der Waals surface area contributed by atoms with E-state index in [2.05, 4.69) is 0 Å². The first-order chi connectivity index (χ1) is 3.00. The van der Waals surface area contributed by atoms with Crippen LogP contribution >= 0.6 is 7.82 Å². The van der Waals surface area contributed by atoms with Gasteiger partial charge in [-0.25, -0.2) is 4.57 Å². The van der Waals surface area contributed by atoms with Crippen molar-refractivity contribution in [3.8, 4) is 0 Å². The third-order valence-electron chi connectivity index (χ3n) is 0. The van der Waals surface area contributed by atoms with Crippen LogP contribution in [-0.2, 0) is 8.37 Å². The first-order valence-electron chi connectivity index (χ1n) is 1.07. The molecule has 5 nitrogen and oxygen atoms in total. The molecule has 8 heteroatoms. The number of hydrogen-bond donors (Lipinski definition) is 3. The van der Waals surface area contributed by atoms with Crippen LogP contribution in [0.15, 0.2) is 0 Å². The van der Waals surface area contributed by atoms with E-state index in [4.69, 9.17) is 23.0 Å². The van der Waals surface area contributed by atoms with E-state index in [1.807, 2.05) is 0 Å². The molecule has 0 unspecified atom stereocenters. The molecule has 0 atom stereocenters. The van der Waals surface area contributed by atoms with Gasteiger partial charge >= 0.3 is 46.7 Å². The summed E-state index contributed by atoms with van der Waals surface area (Å²) in [6.45, 7) is 0. The van der Waals surface area contributed by atoms with Crippen LogP contribution in [-0.4, -0.2) is 30.9 Å². The summed E-state index contributed by atoms with van der Waals surface area (Å²) in [4.78, 5) is 21.6. The Hall–Kier alpha value is 1.04. The van der Waals surface area contributed by atoms with E-state index in [1.165, 1.54) is 0 Å². The number of hydrogen-bond acceptors (Lipinski definition) is 2. The van der Waals surface area contributed by atoms with E-state index in [-0.39, 0.29) is 20.3 Å². The number of rotatable bonds is 0. The van der Waals surface area contributed by atoms with Gasteiger partial charge in [0, 0.05) is 0 Å². The molecule has 0 aromatic rings. The average molecular weight is 150 g/mol. The summed E-state index contributed by atoms with van der Waals surface area (Å²) in [5, 5.41) is 0. The van der Waals surface area contributed by atoms with Crippen molar-refractivity contribution in [2.45, 2.75) is 0 Å². The summed E-state index contributed by atoms with van der Waals surface area (Å²) >= 11 is 0.611. The van der Waals surface area contributed by atoms with E-state index >= 15 is 0 Å². The van der Waals surface area contributed by atoms with Crippen molar-refractivity contribution < 1.29 is 43.3 Å². The Morgan fingerprint density at radius 3 is 1.25 bits per heavy atom. The van der Waals surface area contributed by atoms with Gasteiger partial charge in [0.1, 0.15) is 0 Å². The minimum atomic E-state index is -4.64. The van der Waals surface area contributed by atoms with Crippen molar-refractivity contribution in [3.05, 3.63) is 0 Å². The quantitative estimate of drug-likeness (QED) is 0.238. The monoisotopic (exact) mass is 150 g/mol. The predicted molar refractivity (Wildman–Crippen MR) is 23.2 cm³/mol. The third kappa shape index (κ3) is 237. The van der Waals surface area contributed by atoms with Gasteiger partial charge in [0.2, 0.25) is 0 Å². The summed E-state index contributed by atoms with van der Waals surface area (Å²) in [6.07, 6.45) is 0. The van der Waals surface area contributed by atoms with Crippen molar-refractivity contribution >= 4 is 24.0 Å². The second-order valence-corrected chi connectivity index (χ2v) is 1.54. The molecule has 0 spiro atoms. The van der Waals surface area contributed by atoms with Crippen LogP contribution in [0.3, 0.4) is 0 Å². The van der Waals surface area contributed by atoms with E-state index in [9.17, 15) is 0 Å². The molecule has 0 rings (SSSR count). The van der Waals surface area contributed by atoms with Gasteiger partial charge in [0.15, 0.2) is 0 Å². The standard InChI is InChI=1S/Al.Li.H3O4P.O.2H/c;;1-5(2,3)4;;;/h;;(H3,1,2,3,4);;;/q;+1;;;;-1. The zero-order valence-corrected chi connectivity index (χ0v) is 6.62. The Balaban J connectivity index is -0.0000000286. The van der Waals surface area contributed by atoms with Gasteiger partial charge in [-0.2, -0.15) is 0 Å². The molecule has 8 heavy (non-hydrogen) atoms. The second kappa shape index (κ2) is 8.04. The fourth-order valence-electron chi connectivity index (χ4n) is 0. The van der Waals surface area contributed by atoms with Crippen LogP contribution < -0.4 is 18.9 Å². The normalized spacial score (nSPS) is 7.75. The molecule has 3 N–H and O–H groups in total. The molecule has 0 saturated carbocycles. The van der Waals surface area contributed by atoms with Crippen molar-refractivity contribution in [2.24, 2.45) is 0 Å². The van der Waals surface area contributed by atoms with Crippen molar-refractivity contribution in [1.29, 1.82) is 0 Å². The average Bonchev–Trinajstić information content (AvgIpc) is 1.36. The van der Waals surface area contributed by atoms with Gasteiger partial charge in [-0.05, 0) is 0 Å². The molecule has 0 aromatic carbocycles. The molecule has 0 aliphatic rings.